The second-order valence-electron chi connectivity index (χ2n) is 6.59. The summed E-state index contributed by atoms with van der Waals surface area (Å²) in [6.45, 7) is 2.35. The second-order valence-corrected chi connectivity index (χ2v) is 6.59. The number of imide groups is 1. The predicted molar refractivity (Wildman–Crippen MR) is 103 cm³/mol. The van der Waals surface area contributed by atoms with E-state index >= 15 is 0 Å². The van der Waals surface area contributed by atoms with Crippen molar-refractivity contribution in [1.29, 1.82) is 0 Å². The van der Waals surface area contributed by atoms with Gasteiger partial charge in [0, 0.05) is 12.2 Å². The number of nitrogens with one attached hydrogen (secondary N) is 1. The van der Waals surface area contributed by atoms with Crippen molar-refractivity contribution < 1.29 is 19.1 Å². The van der Waals surface area contributed by atoms with Crippen molar-refractivity contribution >= 4 is 17.5 Å². The molecule has 1 fully saturated rings. The lowest BCUT2D eigenvalue weighted by Crippen LogP contribution is -2.36. The zero-order chi connectivity index (χ0) is 19.4. The van der Waals surface area contributed by atoms with Gasteiger partial charge in [0.25, 0.3) is 5.91 Å². The predicted octanol–water partition coefficient (Wildman–Crippen LogP) is 2.79. The fourth-order valence-corrected chi connectivity index (χ4v) is 3.16. The molecule has 27 heavy (non-hydrogen) atoms. The van der Waals surface area contributed by atoms with Crippen LogP contribution in [0.1, 0.15) is 17.5 Å². The van der Waals surface area contributed by atoms with Crippen LogP contribution >= 0.6 is 0 Å². The first-order valence-electron chi connectivity index (χ1n) is 8.90. The molecular formula is C21H24N2O4. The van der Waals surface area contributed by atoms with E-state index in [1.54, 1.807) is 14.2 Å². The van der Waals surface area contributed by atoms with Crippen LogP contribution in [-0.2, 0) is 16.0 Å². The Balaban J connectivity index is 1.63. The Morgan fingerprint density at radius 3 is 2.41 bits per heavy atom. The number of ether oxygens (including phenoxy) is 2. The number of benzene rings is 2. The Morgan fingerprint density at radius 2 is 1.74 bits per heavy atom. The Kier molecular flexibility index (Phi) is 5.64. The van der Waals surface area contributed by atoms with Gasteiger partial charge in [-0.3, -0.25) is 14.5 Å². The molecule has 0 radical (unpaired) electrons. The average Bonchev–Trinajstić information content (AvgIpc) is 2.94. The molecule has 0 saturated carbocycles. The zero-order valence-corrected chi connectivity index (χ0v) is 15.8. The molecule has 2 aromatic rings. The van der Waals surface area contributed by atoms with Crippen LogP contribution < -0.4 is 14.8 Å². The molecule has 0 aromatic heterocycles. The number of hydrogen-bond acceptors (Lipinski definition) is 5. The van der Waals surface area contributed by atoms with Crippen molar-refractivity contribution in [3.8, 4) is 11.5 Å². The van der Waals surface area contributed by atoms with Gasteiger partial charge in [-0.05, 0) is 43.2 Å². The third-order valence-corrected chi connectivity index (χ3v) is 4.71. The number of carbonyl (C=O) groups excluding carboxylic acids is 2. The molecule has 0 unspecified atom stereocenters. The Bertz CT molecular complexity index is 833. The Hall–Kier alpha value is -3.02. The summed E-state index contributed by atoms with van der Waals surface area (Å²) in [5, 5.41) is 3.16. The van der Waals surface area contributed by atoms with Crippen LogP contribution in [0.2, 0.25) is 0 Å². The summed E-state index contributed by atoms with van der Waals surface area (Å²) >= 11 is 0. The fraction of sp³-hybridized carbons (Fsp3) is 0.333. The minimum absolute atomic E-state index is 0.148. The van der Waals surface area contributed by atoms with Gasteiger partial charge in [-0.15, -0.1) is 0 Å². The van der Waals surface area contributed by atoms with E-state index in [1.165, 1.54) is 4.90 Å². The molecule has 0 aliphatic carbocycles. The van der Waals surface area contributed by atoms with Crippen LogP contribution in [-0.4, -0.2) is 43.5 Å². The third kappa shape index (κ3) is 4.22. The van der Waals surface area contributed by atoms with E-state index in [9.17, 15) is 9.59 Å². The van der Waals surface area contributed by atoms with Gasteiger partial charge in [-0.1, -0.05) is 23.8 Å². The molecule has 1 N–H and O–H groups in total. The largest absolute Gasteiger partial charge is 0.493 e. The number of methoxy groups -OCH3 is 2. The fourth-order valence-electron chi connectivity index (χ4n) is 3.16. The van der Waals surface area contributed by atoms with Gasteiger partial charge in [0.05, 0.1) is 20.6 Å². The van der Waals surface area contributed by atoms with Crippen molar-refractivity contribution in [1.82, 2.24) is 4.90 Å². The molecule has 1 heterocycles. The summed E-state index contributed by atoms with van der Waals surface area (Å²) < 4.78 is 10.5. The first-order valence-corrected chi connectivity index (χ1v) is 8.90. The summed E-state index contributed by atoms with van der Waals surface area (Å²) in [4.78, 5) is 26.3. The first-order chi connectivity index (χ1) is 13.0. The quantitative estimate of drug-likeness (QED) is 0.761. The lowest BCUT2D eigenvalue weighted by Gasteiger charge is -2.16. The smallest absolute Gasteiger partial charge is 0.252 e. The van der Waals surface area contributed by atoms with E-state index in [-0.39, 0.29) is 18.2 Å². The van der Waals surface area contributed by atoms with Crippen LogP contribution in [0.5, 0.6) is 11.5 Å². The molecule has 1 aliphatic heterocycles. The minimum Gasteiger partial charge on any atom is -0.493 e. The van der Waals surface area contributed by atoms with Gasteiger partial charge >= 0.3 is 0 Å². The van der Waals surface area contributed by atoms with E-state index < -0.39 is 6.04 Å². The maximum Gasteiger partial charge on any atom is 0.252 e. The van der Waals surface area contributed by atoms with Crippen molar-refractivity contribution in [3.63, 3.8) is 0 Å². The van der Waals surface area contributed by atoms with E-state index in [0.29, 0.717) is 24.5 Å². The molecule has 2 amide bonds. The lowest BCUT2D eigenvalue weighted by atomic mass is 10.1. The molecule has 1 aliphatic rings. The summed E-state index contributed by atoms with van der Waals surface area (Å²) in [5.74, 6) is 0.955. The van der Waals surface area contributed by atoms with E-state index in [2.05, 4.69) is 5.32 Å². The maximum atomic E-state index is 12.6. The van der Waals surface area contributed by atoms with Gasteiger partial charge in [0.1, 0.15) is 6.04 Å². The molecular weight excluding hydrogens is 344 g/mol. The van der Waals surface area contributed by atoms with Crippen LogP contribution in [0.3, 0.4) is 0 Å². The van der Waals surface area contributed by atoms with Gasteiger partial charge in [-0.25, -0.2) is 0 Å². The Morgan fingerprint density at radius 1 is 1.04 bits per heavy atom. The standard InChI is InChI=1S/C21H24N2O4/c1-14-4-7-16(8-5-14)22-17-13-20(24)23(21(17)25)11-10-15-6-9-18(26-2)19(12-15)27-3/h4-9,12,17,22H,10-11,13H2,1-3H3/t17-/m1/s1. The highest BCUT2D eigenvalue weighted by Crippen LogP contribution is 2.28. The van der Waals surface area contributed by atoms with Gasteiger partial charge in [-0.2, -0.15) is 0 Å². The molecule has 0 spiro atoms. The van der Waals surface area contributed by atoms with E-state index in [1.807, 2.05) is 49.4 Å². The summed E-state index contributed by atoms with van der Waals surface area (Å²) in [7, 11) is 3.16. The highest BCUT2D eigenvalue weighted by atomic mass is 16.5. The number of rotatable bonds is 7. The van der Waals surface area contributed by atoms with E-state index in [0.717, 1.165) is 16.8 Å². The summed E-state index contributed by atoms with van der Waals surface area (Å²) in [6.07, 6.45) is 0.744. The maximum absolute atomic E-state index is 12.6. The summed E-state index contributed by atoms with van der Waals surface area (Å²) in [6, 6.07) is 12.9. The number of nitrogens with zero attached hydrogens (tertiary/aromatic N) is 1. The molecule has 1 saturated heterocycles. The third-order valence-electron chi connectivity index (χ3n) is 4.71. The highest BCUT2D eigenvalue weighted by Gasteiger charge is 2.38. The topological polar surface area (TPSA) is 67.9 Å². The van der Waals surface area contributed by atoms with Gasteiger partial charge in [0.15, 0.2) is 11.5 Å². The number of amides is 2. The molecule has 1 atom stereocenters. The minimum atomic E-state index is -0.509. The normalized spacial score (nSPS) is 16.6. The van der Waals surface area contributed by atoms with Crippen molar-refractivity contribution in [2.75, 3.05) is 26.1 Å². The molecule has 0 bridgehead atoms. The van der Waals surface area contributed by atoms with Crippen molar-refractivity contribution in [2.45, 2.75) is 25.8 Å². The molecule has 6 nitrogen and oxygen atoms in total. The average molecular weight is 368 g/mol. The lowest BCUT2D eigenvalue weighted by molar-refractivity contribution is -0.138. The molecule has 3 rings (SSSR count). The number of aryl methyl sites for hydroxylation is 1. The Labute approximate surface area is 159 Å². The molecule has 142 valence electrons. The monoisotopic (exact) mass is 368 g/mol. The number of hydrogen-bond donors (Lipinski definition) is 1. The second kappa shape index (κ2) is 8.12. The van der Waals surface area contributed by atoms with Crippen LogP contribution in [0.4, 0.5) is 5.69 Å². The SMILES string of the molecule is COc1ccc(CCN2C(=O)C[C@@H](Nc3ccc(C)cc3)C2=O)cc1OC. The first kappa shape index (κ1) is 18.8. The summed E-state index contributed by atoms with van der Waals surface area (Å²) in [5.41, 5.74) is 2.96. The van der Waals surface area contributed by atoms with Crippen molar-refractivity contribution in [3.05, 3.63) is 53.6 Å². The highest BCUT2D eigenvalue weighted by molar-refractivity contribution is 6.06. The van der Waals surface area contributed by atoms with Gasteiger partial charge in [0.2, 0.25) is 5.91 Å². The molecule has 6 heteroatoms. The van der Waals surface area contributed by atoms with Crippen LogP contribution in [0.15, 0.2) is 42.5 Å². The van der Waals surface area contributed by atoms with Crippen molar-refractivity contribution in [2.24, 2.45) is 0 Å². The zero-order valence-electron chi connectivity index (χ0n) is 15.8. The van der Waals surface area contributed by atoms with Crippen LogP contribution in [0, 0.1) is 6.92 Å². The molecule has 2 aromatic carbocycles. The van der Waals surface area contributed by atoms with E-state index in [4.69, 9.17) is 9.47 Å². The number of anilines is 1. The van der Waals surface area contributed by atoms with Gasteiger partial charge < -0.3 is 14.8 Å². The number of carbonyl (C=O) groups is 2. The van der Waals surface area contributed by atoms with Crippen LogP contribution in [0.25, 0.3) is 0 Å². The number of likely N-dealkylation sites (tertiary alicyclic amines) is 1.